The number of hydrogen-bond acceptors (Lipinski definition) is 5. The fourth-order valence-corrected chi connectivity index (χ4v) is 3.09. The highest BCUT2D eigenvalue weighted by Gasteiger charge is 2.27. The number of rotatable bonds is 12. The van der Waals surface area contributed by atoms with Crippen LogP contribution in [0.15, 0.2) is 60.7 Å². The Bertz CT molecular complexity index is 876. The van der Waals surface area contributed by atoms with Gasteiger partial charge in [0.1, 0.15) is 18.7 Å². The maximum absolute atomic E-state index is 13.0. The minimum absolute atomic E-state index is 0.0783. The van der Waals surface area contributed by atoms with Crippen molar-refractivity contribution < 1.29 is 24.2 Å². The van der Waals surface area contributed by atoms with Gasteiger partial charge in [-0.15, -0.1) is 0 Å². The molecule has 0 fully saturated rings. The first-order valence-corrected chi connectivity index (χ1v) is 10.9. The van der Waals surface area contributed by atoms with Crippen molar-refractivity contribution in [3.05, 3.63) is 78.2 Å². The first-order valence-electron chi connectivity index (χ1n) is 10.9. The van der Waals surface area contributed by atoms with Gasteiger partial charge >= 0.3 is 6.09 Å². The van der Waals surface area contributed by atoms with Gasteiger partial charge < -0.3 is 25.8 Å². The number of carbonyl (C=O) groups is 3. The van der Waals surface area contributed by atoms with Crippen LogP contribution in [0.25, 0.3) is 0 Å². The van der Waals surface area contributed by atoms with Gasteiger partial charge in [0.2, 0.25) is 11.8 Å². The van der Waals surface area contributed by atoms with Crippen LogP contribution < -0.4 is 16.0 Å². The van der Waals surface area contributed by atoms with Crippen LogP contribution in [0.4, 0.5) is 4.79 Å². The molecule has 0 saturated carbocycles. The second-order valence-corrected chi connectivity index (χ2v) is 7.75. The summed E-state index contributed by atoms with van der Waals surface area (Å²) in [6.07, 6.45) is 1.55. The summed E-state index contributed by atoms with van der Waals surface area (Å²) in [6.45, 7) is 3.29. The molecular weight excluding hydrogens is 422 g/mol. The summed E-state index contributed by atoms with van der Waals surface area (Å²) in [6, 6.07) is 16.2. The van der Waals surface area contributed by atoms with Crippen LogP contribution >= 0.6 is 0 Å². The first-order chi connectivity index (χ1) is 15.9. The van der Waals surface area contributed by atoms with Gasteiger partial charge in [-0.1, -0.05) is 67.6 Å². The molecule has 3 amide bonds. The number of benzene rings is 2. The maximum atomic E-state index is 13.0. The second-order valence-electron chi connectivity index (χ2n) is 7.75. The monoisotopic (exact) mass is 454 g/mol. The Morgan fingerprint density at radius 3 is 2.03 bits per heavy atom. The summed E-state index contributed by atoms with van der Waals surface area (Å²) in [5, 5.41) is 17.2. The largest absolute Gasteiger partial charge is 0.445 e. The van der Waals surface area contributed by atoms with Gasteiger partial charge in [0.25, 0.3) is 0 Å². The van der Waals surface area contributed by atoms with E-state index in [-0.39, 0.29) is 26.1 Å². The van der Waals surface area contributed by atoms with Crippen LogP contribution in [0.2, 0.25) is 0 Å². The number of alkyl carbamates (subject to hydrolysis) is 1. The number of nitrogens with one attached hydrogen (secondary N) is 3. The summed E-state index contributed by atoms with van der Waals surface area (Å²) in [5.74, 6) is -0.919. The zero-order chi connectivity index (χ0) is 24.1. The van der Waals surface area contributed by atoms with E-state index < -0.39 is 36.0 Å². The van der Waals surface area contributed by atoms with Gasteiger partial charge in [0.15, 0.2) is 0 Å². The highest BCUT2D eigenvalue weighted by atomic mass is 16.5. The lowest BCUT2D eigenvalue weighted by Gasteiger charge is -2.24. The molecule has 0 aromatic heterocycles. The van der Waals surface area contributed by atoms with Crippen molar-refractivity contribution in [2.24, 2.45) is 0 Å². The van der Waals surface area contributed by atoms with Crippen molar-refractivity contribution in [1.29, 1.82) is 0 Å². The molecule has 2 aromatic carbocycles. The molecule has 8 nitrogen and oxygen atoms in total. The van der Waals surface area contributed by atoms with Crippen molar-refractivity contribution in [2.45, 2.75) is 51.4 Å². The Labute approximate surface area is 194 Å². The number of ether oxygens (including phenoxy) is 1. The topological polar surface area (TPSA) is 117 Å². The molecule has 4 N–H and O–H groups in total. The van der Waals surface area contributed by atoms with Crippen LogP contribution in [0.3, 0.4) is 0 Å². The zero-order valence-electron chi connectivity index (χ0n) is 19.0. The van der Waals surface area contributed by atoms with E-state index in [1.165, 1.54) is 0 Å². The molecule has 33 heavy (non-hydrogen) atoms. The summed E-state index contributed by atoms with van der Waals surface area (Å²) in [7, 11) is 0. The number of carbonyl (C=O) groups excluding carboxylic acids is 3. The molecule has 0 bridgehead atoms. The lowest BCUT2D eigenvalue weighted by atomic mass is 10.0. The van der Waals surface area contributed by atoms with Crippen molar-refractivity contribution in [1.82, 2.24) is 16.0 Å². The average molecular weight is 455 g/mol. The van der Waals surface area contributed by atoms with E-state index in [9.17, 15) is 19.5 Å². The third kappa shape index (κ3) is 9.33. The normalized spacial score (nSPS) is 13.3. The maximum Gasteiger partial charge on any atom is 0.408 e. The van der Waals surface area contributed by atoms with Crippen LogP contribution in [-0.2, 0) is 27.4 Å². The summed E-state index contributed by atoms with van der Waals surface area (Å²) >= 11 is 0. The molecule has 177 valence electrons. The van der Waals surface area contributed by atoms with Gasteiger partial charge in [-0.05, 0) is 30.9 Å². The van der Waals surface area contributed by atoms with Crippen LogP contribution in [0.1, 0.15) is 31.4 Å². The molecule has 0 heterocycles. The summed E-state index contributed by atoms with van der Waals surface area (Å²) in [4.78, 5) is 38.0. The fourth-order valence-electron chi connectivity index (χ4n) is 3.09. The molecule has 2 rings (SSSR count). The van der Waals surface area contributed by atoms with E-state index in [1.807, 2.05) is 60.7 Å². The summed E-state index contributed by atoms with van der Waals surface area (Å²) in [5.41, 5.74) is 1.69. The molecule has 3 unspecified atom stereocenters. The lowest BCUT2D eigenvalue weighted by molar-refractivity contribution is -0.130. The van der Waals surface area contributed by atoms with E-state index >= 15 is 0 Å². The number of aliphatic hydroxyl groups excluding tert-OH is 1. The van der Waals surface area contributed by atoms with E-state index in [0.717, 1.165) is 11.1 Å². The molecule has 0 saturated heterocycles. The molecule has 3 atom stereocenters. The molecule has 0 aliphatic rings. The smallest absolute Gasteiger partial charge is 0.408 e. The van der Waals surface area contributed by atoms with E-state index in [2.05, 4.69) is 16.0 Å². The lowest BCUT2D eigenvalue weighted by Crippen LogP contribution is -2.55. The molecule has 1 radical (unpaired) electrons. The Kier molecular flexibility index (Phi) is 10.9. The van der Waals surface area contributed by atoms with Gasteiger partial charge in [0.05, 0.1) is 6.61 Å². The average Bonchev–Trinajstić information content (AvgIpc) is 2.83. The number of amides is 3. The predicted octanol–water partition coefficient (Wildman–Crippen LogP) is 2.12. The highest BCUT2D eigenvalue weighted by molar-refractivity contribution is 5.91. The van der Waals surface area contributed by atoms with Crippen LogP contribution in [0, 0.1) is 6.42 Å². The van der Waals surface area contributed by atoms with Crippen LogP contribution in [0.5, 0.6) is 0 Å². The zero-order valence-corrected chi connectivity index (χ0v) is 19.0. The van der Waals surface area contributed by atoms with Gasteiger partial charge in [-0.25, -0.2) is 4.79 Å². The molecule has 8 heteroatoms. The number of hydrogen-bond donors (Lipinski definition) is 4. The predicted molar refractivity (Wildman–Crippen MR) is 125 cm³/mol. The third-order valence-electron chi connectivity index (χ3n) is 4.87. The molecule has 0 aliphatic heterocycles. The van der Waals surface area contributed by atoms with Crippen LogP contribution in [-0.4, -0.2) is 47.7 Å². The Hall–Kier alpha value is -3.39. The first kappa shape index (κ1) is 25.9. The molecule has 2 aromatic rings. The van der Waals surface area contributed by atoms with E-state index in [4.69, 9.17) is 4.74 Å². The van der Waals surface area contributed by atoms with Gasteiger partial charge in [-0.3, -0.25) is 9.59 Å². The molecule has 0 aliphatic carbocycles. The third-order valence-corrected chi connectivity index (χ3v) is 4.87. The Morgan fingerprint density at radius 2 is 1.45 bits per heavy atom. The van der Waals surface area contributed by atoms with E-state index in [0.29, 0.717) is 0 Å². The van der Waals surface area contributed by atoms with Crippen molar-refractivity contribution >= 4 is 17.9 Å². The molecular formula is C25H32N3O5. The minimum atomic E-state index is -0.903. The Morgan fingerprint density at radius 1 is 0.879 bits per heavy atom. The number of aliphatic hydroxyl groups is 1. The van der Waals surface area contributed by atoms with Crippen molar-refractivity contribution in [3.8, 4) is 0 Å². The van der Waals surface area contributed by atoms with Crippen molar-refractivity contribution in [3.63, 3.8) is 0 Å². The summed E-state index contributed by atoms with van der Waals surface area (Å²) < 4.78 is 5.22. The van der Waals surface area contributed by atoms with Crippen molar-refractivity contribution in [2.75, 3.05) is 6.61 Å². The van der Waals surface area contributed by atoms with E-state index in [1.54, 1.807) is 20.3 Å². The standard InChI is InChI=1S/C25H32N3O5/c1-3-10-21(28-25(32)33-17-20-13-8-5-9-14-20)23(30)27-22(24(31)26-18(2)16-29)15-19-11-6-4-7-12-19/h3-9,11-14,18,21-22,29H,10,15-17H2,1-2H3,(H,26,31)(H,27,30)(H,28,32). The SMILES string of the molecule is C[CH]CC(NC(=O)OCc1ccccc1)C(=O)NC(Cc1ccccc1)C(=O)NC(C)CO. The fraction of sp³-hybridized carbons (Fsp3) is 0.360. The molecule has 0 spiro atoms. The van der Waals surface area contributed by atoms with Gasteiger partial charge in [-0.2, -0.15) is 0 Å². The minimum Gasteiger partial charge on any atom is -0.445 e. The Balaban J connectivity index is 2.03. The van der Waals surface area contributed by atoms with Gasteiger partial charge in [0, 0.05) is 12.5 Å². The second kappa shape index (κ2) is 13.9. The highest BCUT2D eigenvalue weighted by Crippen LogP contribution is 2.06. The quantitative estimate of drug-likeness (QED) is 0.392.